The second-order valence-corrected chi connectivity index (χ2v) is 12.1. The summed E-state index contributed by atoms with van der Waals surface area (Å²) in [5, 5.41) is 4.67. The van der Waals surface area contributed by atoms with Crippen molar-refractivity contribution in [2.75, 3.05) is 4.90 Å². The van der Waals surface area contributed by atoms with Gasteiger partial charge >= 0.3 is 0 Å². The van der Waals surface area contributed by atoms with Crippen LogP contribution in [0.25, 0.3) is 55.0 Å². The molecule has 0 N–H and O–H groups in total. The van der Waals surface area contributed by atoms with Crippen LogP contribution in [0.2, 0.25) is 0 Å². The lowest BCUT2D eigenvalue weighted by Gasteiger charge is -2.26. The minimum Gasteiger partial charge on any atom is -0.456 e. The summed E-state index contributed by atoms with van der Waals surface area (Å²) in [5.74, 6) is 0. The fourth-order valence-corrected chi connectivity index (χ4v) is 6.84. The maximum Gasteiger partial charge on any atom is 0.136 e. The van der Waals surface area contributed by atoms with Crippen molar-refractivity contribution < 1.29 is 4.42 Å². The normalized spacial score (nSPS) is 12.3. The van der Waals surface area contributed by atoms with Gasteiger partial charge in [0.2, 0.25) is 0 Å². The summed E-state index contributed by atoms with van der Waals surface area (Å²) >= 11 is 0. The van der Waals surface area contributed by atoms with Crippen LogP contribution in [0.4, 0.5) is 17.1 Å². The lowest BCUT2D eigenvalue weighted by molar-refractivity contribution is 0.669. The average molecular weight is 609 g/mol. The van der Waals surface area contributed by atoms with Crippen molar-refractivity contribution in [2.24, 2.45) is 0 Å². The Hall–Kier alpha value is -5.80. The van der Waals surface area contributed by atoms with Gasteiger partial charge in [-0.25, -0.2) is 0 Å². The molecular weight excluding hydrogens is 572 g/mol. The number of hydrogen-bond acceptors (Lipinski definition) is 2. The minimum absolute atomic E-state index is 0.916. The molecule has 3 nitrogen and oxygen atoms in total. The first-order valence-corrected chi connectivity index (χ1v) is 16.4. The van der Waals surface area contributed by atoms with Crippen molar-refractivity contribution >= 4 is 66.4 Å². The fraction of sp³-hybridized carbons (Fsp3) is 0.0909. The molecule has 0 amide bonds. The molecule has 0 unspecified atom stereocenters. The maximum atomic E-state index is 6.28. The molecule has 0 bridgehead atoms. The van der Waals surface area contributed by atoms with Gasteiger partial charge in [0, 0.05) is 44.3 Å². The van der Waals surface area contributed by atoms with E-state index in [0.29, 0.717) is 0 Å². The molecule has 0 atom stereocenters. The highest BCUT2D eigenvalue weighted by atomic mass is 16.3. The Morgan fingerprint density at radius 1 is 0.638 bits per heavy atom. The highest BCUT2D eigenvalue weighted by Crippen LogP contribution is 2.40. The van der Waals surface area contributed by atoms with Crippen LogP contribution >= 0.6 is 0 Å². The van der Waals surface area contributed by atoms with Crippen molar-refractivity contribution in [3.63, 3.8) is 0 Å². The molecule has 0 aliphatic carbocycles. The Labute approximate surface area is 275 Å². The second-order valence-electron chi connectivity index (χ2n) is 12.1. The number of nitrogens with zero attached hydrogens (tertiary/aromatic N) is 2. The third kappa shape index (κ3) is 5.01. The van der Waals surface area contributed by atoms with Gasteiger partial charge in [-0.15, -0.1) is 0 Å². The Balaban J connectivity index is 1.26. The van der Waals surface area contributed by atoms with E-state index in [9.17, 15) is 0 Å². The van der Waals surface area contributed by atoms with Gasteiger partial charge in [-0.3, -0.25) is 0 Å². The van der Waals surface area contributed by atoms with Gasteiger partial charge in [0.05, 0.1) is 11.0 Å². The van der Waals surface area contributed by atoms with Gasteiger partial charge in [0.25, 0.3) is 0 Å². The Bertz CT molecular complexity index is 2440. The number of benzene rings is 6. The number of aromatic nitrogens is 1. The topological polar surface area (TPSA) is 21.3 Å². The van der Waals surface area contributed by atoms with Gasteiger partial charge in [-0.05, 0) is 104 Å². The van der Waals surface area contributed by atoms with Gasteiger partial charge in [0.15, 0.2) is 0 Å². The van der Waals surface area contributed by atoms with E-state index in [1.54, 1.807) is 0 Å². The Morgan fingerprint density at radius 2 is 1.28 bits per heavy atom. The zero-order valence-electron chi connectivity index (χ0n) is 26.9. The van der Waals surface area contributed by atoms with Gasteiger partial charge in [-0.2, -0.15) is 0 Å². The monoisotopic (exact) mass is 608 g/mol. The highest BCUT2D eigenvalue weighted by Gasteiger charge is 2.18. The Kier molecular flexibility index (Phi) is 7.23. The van der Waals surface area contributed by atoms with Crippen molar-refractivity contribution in [1.29, 1.82) is 0 Å². The van der Waals surface area contributed by atoms with Crippen molar-refractivity contribution in [3.05, 3.63) is 163 Å². The lowest BCUT2D eigenvalue weighted by Crippen LogP contribution is -2.10. The van der Waals surface area contributed by atoms with Crippen LogP contribution in [-0.2, 0) is 0 Å². The number of furan rings is 1. The van der Waals surface area contributed by atoms with Crippen molar-refractivity contribution in [2.45, 2.75) is 27.2 Å². The number of allylic oxidation sites excluding steroid dienone is 4. The highest BCUT2D eigenvalue weighted by molar-refractivity contribution is 6.17. The molecule has 0 aliphatic heterocycles. The van der Waals surface area contributed by atoms with Gasteiger partial charge in [-0.1, -0.05) is 91.4 Å². The molecule has 0 saturated carbocycles. The molecule has 47 heavy (non-hydrogen) atoms. The van der Waals surface area contributed by atoms with Crippen molar-refractivity contribution in [3.8, 4) is 5.69 Å². The molecule has 3 heteroatoms. The minimum atomic E-state index is 0.916. The smallest absolute Gasteiger partial charge is 0.136 e. The van der Waals surface area contributed by atoms with E-state index in [1.165, 1.54) is 38.5 Å². The molecule has 8 aromatic rings. The first-order chi connectivity index (χ1) is 23.1. The summed E-state index contributed by atoms with van der Waals surface area (Å²) in [6, 6.07) is 48.0. The van der Waals surface area contributed by atoms with Crippen LogP contribution in [0.5, 0.6) is 0 Å². The van der Waals surface area contributed by atoms with E-state index in [2.05, 4.69) is 170 Å². The largest absolute Gasteiger partial charge is 0.456 e. The van der Waals surface area contributed by atoms with Crippen LogP contribution in [0, 0.1) is 6.92 Å². The molecular formula is C44H36N2O. The SMILES string of the molecule is C/C=C\C(=C/CC)c1ccc(N(c2ccc(C)cc2)c2ccc(-n3c4ccccc4c4cc5oc6ccccc6c5cc43)cc2)cc1. The maximum absolute atomic E-state index is 6.28. The van der Waals surface area contributed by atoms with Crippen LogP contribution in [0.1, 0.15) is 31.4 Å². The Morgan fingerprint density at radius 3 is 1.98 bits per heavy atom. The molecule has 2 heterocycles. The number of fused-ring (bicyclic) bond motifs is 6. The van der Waals surface area contributed by atoms with E-state index in [0.717, 1.165) is 51.1 Å². The molecule has 0 saturated heterocycles. The van der Waals surface area contributed by atoms with Crippen LogP contribution in [-0.4, -0.2) is 4.57 Å². The van der Waals surface area contributed by atoms with E-state index in [1.807, 2.05) is 12.1 Å². The quantitative estimate of drug-likeness (QED) is 0.168. The molecule has 0 fully saturated rings. The number of aryl methyl sites for hydroxylation is 1. The molecule has 2 aromatic heterocycles. The number of para-hydroxylation sites is 2. The second kappa shape index (κ2) is 11.9. The first kappa shape index (κ1) is 28.7. The summed E-state index contributed by atoms with van der Waals surface area (Å²) in [4.78, 5) is 2.33. The summed E-state index contributed by atoms with van der Waals surface area (Å²) in [6.07, 6.45) is 7.56. The molecule has 228 valence electrons. The van der Waals surface area contributed by atoms with E-state index in [4.69, 9.17) is 4.42 Å². The average Bonchev–Trinajstić information content (AvgIpc) is 3.63. The van der Waals surface area contributed by atoms with Crippen LogP contribution in [0.3, 0.4) is 0 Å². The summed E-state index contributed by atoms with van der Waals surface area (Å²) in [7, 11) is 0. The summed E-state index contributed by atoms with van der Waals surface area (Å²) < 4.78 is 8.66. The molecule has 8 rings (SSSR count). The molecule has 0 radical (unpaired) electrons. The number of rotatable bonds is 7. The van der Waals surface area contributed by atoms with Crippen LogP contribution < -0.4 is 4.90 Å². The van der Waals surface area contributed by atoms with Gasteiger partial charge < -0.3 is 13.9 Å². The third-order valence-electron chi connectivity index (χ3n) is 9.06. The molecule has 0 spiro atoms. The van der Waals surface area contributed by atoms with E-state index >= 15 is 0 Å². The standard InChI is InChI=1S/C44H36N2O/c1-4-10-31(11-5-2)32-18-22-34(23-19-32)45(33-20-16-30(3)17-21-33)35-24-26-36(27-25-35)46-41-14-8-6-12-37(41)39-29-44-40(28-42(39)46)38-13-7-9-15-43(38)47-44/h4,6-29H,5H2,1-3H3/b10-4-,31-11+. The third-order valence-corrected chi connectivity index (χ3v) is 9.06. The van der Waals surface area contributed by atoms with E-state index in [-0.39, 0.29) is 0 Å². The zero-order valence-corrected chi connectivity index (χ0v) is 26.9. The predicted molar refractivity (Wildman–Crippen MR) is 201 cm³/mol. The fourth-order valence-electron chi connectivity index (χ4n) is 6.84. The van der Waals surface area contributed by atoms with Crippen LogP contribution in [0.15, 0.2) is 156 Å². The predicted octanol–water partition coefficient (Wildman–Crippen LogP) is 12.8. The van der Waals surface area contributed by atoms with E-state index < -0.39 is 0 Å². The zero-order chi connectivity index (χ0) is 31.9. The van der Waals surface area contributed by atoms with Gasteiger partial charge in [0.1, 0.15) is 11.2 Å². The summed E-state index contributed by atoms with van der Waals surface area (Å²) in [6.45, 7) is 6.38. The number of anilines is 3. The molecule has 0 aliphatic rings. The van der Waals surface area contributed by atoms with Crippen molar-refractivity contribution in [1.82, 2.24) is 4.57 Å². The number of hydrogen-bond donors (Lipinski definition) is 0. The lowest BCUT2D eigenvalue weighted by atomic mass is 10.0. The summed E-state index contributed by atoms with van der Waals surface area (Å²) in [5.41, 5.74) is 12.4. The molecule has 6 aromatic carbocycles. The first-order valence-electron chi connectivity index (χ1n) is 16.4.